The van der Waals surface area contributed by atoms with E-state index in [1.807, 2.05) is 11.3 Å². The summed E-state index contributed by atoms with van der Waals surface area (Å²) < 4.78 is 2.72. The van der Waals surface area contributed by atoms with E-state index in [0.29, 0.717) is 0 Å². The summed E-state index contributed by atoms with van der Waals surface area (Å²) in [5.74, 6) is 0. The molecule has 13 rings (SSSR count). The molecule has 0 amide bonds. The summed E-state index contributed by atoms with van der Waals surface area (Å²) >= 11 is 1.98. The second kappa shape index (κ2) is 15.8. The molecule has 4 heteroatoms. The predicted molar refractivity (Wildman–Crippen MR) is 306 cm³/mol. The molecule has 0 fully saturated rings. The lowest BCUT2D eigenvalue weighted by molar-refractivity contribution is 0.590. The quantitative estimate of drug-likeness (QED) is 0.125. The third kappa shape index (κ3) is 6.53. The van der Waals surface area contributed by atoms with Crippen LogP contribution in [0.3, 0.4) is 0 Å². The van der Waals surface area contributed by atoms with Crippen molar-refractivity contribution >= 4 is 110 Å². The fourth-order valence-electron chi connectivity index (χ4n) is 11.7. The normalized spacial score (nSPS) is 13.3. The van der Waals surface area contributed by atoms with E-state index >= 15 is 0 Å². The highest BCUT2D eigenvalue weighted by atomic mass is 32.1. The number of hydrogen-bond acceptors (Lipinski definition) is 3. The molecule has 0 N–H and O–H groups in total. The molecule has 11 aromatic rings. The number of hydrogen-bond donors (Lipinski definition) is 0. The van der Waals surface area contributed by atoms with E-state index in [4.69, 9.17) is 0 Å². The molecule has 10 aromatic carbocycles. The van der Waals surface area contributed by atoms with E-state index in [1.165, 1.54) is 131 Å². The Bertz CT molecular complexity index is 3890. The van der Waals surface area contributed by atoms with Gasteiger partial charge in [-0.15, -0.1) is 11.3 Å². The molecule has 2 aliphatic heterocycles. The Balaban J connectivity index is 1.11. The van der Waals surface area contributed by atoms with Crippen molar-refractivity contribution in [2.75, 3.05) is 9.80 Å². The second-order valence-corrected chi connectivity index (χ2v) is 22.6. The van der Waals surface area contributed by atoms with Gasteiger partial charge in [-0.2, -0.15) is 0 Å². The fourth-order valence-corrected chi connectivity index (χ4v) is 13.0. The van der Waals surface area contributed by atoms with Crippen LogP contribution in [0, 0.1) is 0 Å². The van der Waals surface area contributed by atoms with E-state index in [-0.39, 0.29) is 17.5 Å². The maximum atomic E-state index is 2.63. The van der Waals surface area contributed by atoms with E-state index in [9.17, 15) is 0 Å². The number of fused-ring (bicyclic) bond motifs is 12. The first-order chi connectivity index (χ1) is 34.0. The first-order valence-electron chi connectivity index (χ1n) is 25.0. The molecule has 2 nitrogen and oxygen atoms in total. The van der Waals surface area contributed by atoms with Crippen LogP contribution in [0.2, 0.25) is 0 Å². The highest BCUT2D eigenvalue weighted by molar-refractivity contribution is 7.33. The molecule has 0 saturated heterocycles. The highest BCUT2D eigenvalue weighted by Crippen LogP contribution is 2.52. The molecule has 0 spiro atoms. The van der Waals surface area contributed by atoms with Gasteiger partial charge < -0.3 is 9.80 Å². The van der Waals surface area contributed by atoms with Crippen molar-refractivity contribution in [1.82, 2.24) is 0 Å². The molecule has 0 unspecified atom stereocenters. The van der Waals surface area contributed by atoms with Crippen LogP contribution >= 0.6 is 11.3 Å². The average Bonchev–Trinajstić information content (AvgIpc) is 3.76. The van der Waals surface area contributed by atoms with Crippen LogP contribution in [-0.2, 0) is 17.3 Å². The number of aryl methyl sites for hydroxylation is 1. The zero-order valence-electron chi connectivity index (χ0n) is 41.1. The van der Waals surface area contributed by atoms with Gasteiger partial charge in [0.2, 0.25) is 0 Å². The monoisotopic (exact) mass is 918 g/mol. The molecule has 0 saturated carbocycles. The van der Waals surface area contributed by atoms with E-state index < -0.39 is 0 Å². The van der Waals surface area contributed by atoms with Gasteiger partial charge in [0, 0.05) is 43.1 Å². The average molecular weight is 919 g/mol. The summed E-state index contributed by atoms with van der Waals surface area (Å²) in [7, 11) is 0. The van der Waals surface area contributed by atoms with Crippen molar-refractivity contribution < 1.29 is 0 Å². The summed E-state index contributed by atoms with van der Waals surface area (Å²) in [6.45, 7) is 16.3. The summed E-state index contributed by atoms with van der Waals surface area (Å²) in [6.07, 6.45) is 0.963. The smallest absolute Gasteiger partial charge is 0.264 e. The van der Waals surface area contributed by atoms with Crippen molar-refractivity contribution in [2.45, 2.75) is 65.7 Å². The first kappa shape index (κ1) is 42.7. The third-order valence-electron chi connectivity index (χ3n) is 15.3. The minimum absolute atomic E-state index is 0.00430. The number of nitrogens with zero attached hydrogens (tertiary/aromatic N) is 2. The minimum atomic E-state index is -0.0586. The number of rotatable bonds is 5. The lowest BCUT2D eigenvalue weighted by Gasteiger charge is -2.44. The van der Waals surface area contributed by atoms with E-state index in [2.05, 4.69) is 252 Å². The van der Waals surface area contributed by atoms with Crippen LogP contribution in [0.4, 0.5) is 34.1 Å². The molecular weight excluding hydrogens is 864 g/mol. The van der Waals surface area contributed by atoms with Gasteiger partial charge in [0.05, 0.1) is 17.1 Å². The van der Waals surface area contributed by atoms with Crippen LogP contribution < -0.4 is 25.5 Å². The van der Waals surface area contributed by atoms with Gasteiger partial charge >= 0.3 is 0 Å². The Morgan fingerprint density at radius 3 is 1.69 bits per heavy atom. The van der Waals surface area contributed by atoms with Crippen LogP contribution in [0.5, 0.6) is 0 Å². The molecular formula is C66H55BN2S. The van der Waals surface area contributed by atoms with Crippen LogP contribution in [0.25, 0.3) is 64.7 Å². The summed E-state index contributed by atoms with van der Waals surface area (Å²) in [6, 6.07) is 74.0. The fraction of sp³-hybridized carbons (Fsp3) is 0.152. The predicted octanol–water partition coefficient (Wildman–Crippen LogP) is 16.9. The van der Waals surface area contributed by atoms with Crippen molar-refractivity contribution in [1.29, 1.82) is 0 Å². The zero-order valence-corrected chi connectivity index (χ0v) is 41.9. The summed E-state index contributed by atoms with van der Waals surface area (Å²) in [5, 5.41) is 9.04. The molecule has 0 atom stereocenters. The van der Waals surface area contributed by atoms with Crippen molar-refractivity contribution in [3.05, 3.63) is 211 Å². The standard InChI is InChI=1S/C66H55BN2S/c1-8-41-29-34-58-55(37-41)67-62-59(68(58)57-35-31-44(65(2,3)4)39-52(57)43-30-33-51-49-24-13-12-22-47(49)48-23-14-15-25-50(48)53(51)38-43)27-18-28-60(62)69(56-26-17-16-21-46(56)42-19-10-9-11-20-42)63-54-40-45(66(5,6)7)32-36-61(54)70-64(63)67/h9-40H,8H2,1-7H3. The molecule has 70 heavy (non-hydrogen) atoms. The SMILES string of the molecule is CCc1ccc2c(c1)B1c3sc4ccc(C(C)(C)C)cc4c3N(c3ccccc3-c3ccccc3)c3cccc(c31)N2c1ccc(C(C)(C)C)cc1-c1ccc2c3ccccc3c3ccccc3c2c1. The van der Waals surface area contributed by atoms with E-state index in [0.717, 1.165) is 6.42 Å². The maximum Gasteiger partial charge on any atom is 0.264 e. The molecule has 0 bridgehead atoms. The lowest BCUT2D eigenvalue weighted by atomic mass is 9.36. The third-order valence-corrected chi connectivity index (χ3v) is 16.5. The molecule has 3 heterocycles. The zero-order chi connectivity index (χ0) is 47.6. The van der Waals surface area contributed by atoms with Crippen LogP contribution in [0.15, 0.2) is 194 Å². The van der Waals surface area contributed by atoms with E-state index in [1.54, 1.807) is 0 Å². The molecule has 0 aliphatic carbocycles. The first-order valence-corrected chi connectivity index (χ1v) is 25.8. The topological polar surface area (TPSA) is 6.48 Å². The summed E-state index contributed by atoms with van der Waals surface area (Å²) in [4.78, 5) is 5.25. The van der Waals surface area contributed by atoms with Gasteiger partial charge in [-0.1, -0.05) is 188 Å². The van der Waals surface area contributed by atoms with Crippen LogP contribution in [0.1, 0.15) is 65.2 Å². The number of thiophene rings is 1. The number of anilines is 6. The molecule has 0 radical (unpaired) electrons. The van der Waals surface area contributed by atoms with Crippen molar-refractivity contribution in [2.24, 2.45) is 0 Å². The van der Waals surface area contributed by atoms with Gasteiger partial charge in [0.1, 0.15) is 0 Å². The Morgan fingerprint density at radius 1 is 0.414 bits per heavy atom. The molecule has 2 aliphatic rings. The Morgan fingerprint density at radius 2 is 0.986 bits per heavy atom. The highest BCUT2D eigenvalue weighted by Gasteiger charge is 2.46. The number of para-hydroxylation sites is 1. The van der Waals surface area contributed by atoms with Gasteiger partial charge in [0.15, 0.2) is 0 Å². The molecule has 338 valence electrons. The second-order valence-electron chi connectivity index (χ2n) is 21.6. The van der Waals surface area contributed by atoms with Crippen LogP contribution in [-0.4, -0.2) is 6.71 Å². The van der Waals surface area contributed by atoms with Gasteiger partial charge in [0.25, 0.3) is 6.71 Å². The van der Waals surface area contributed by atoms with Gasteiger partial charge in [-0.05, 0) is 143 Å². The Kier molecular flexibility index (Phi) is 9.65. The largest absolute Gasteiger partial charge is 0.311 e. The number of benzene rings is 10. The van der Waals surface area contributed by atoms with Crippen molar-refractivity contribution in [3.8, 4) is 22.3 Å². The molecule has 1 aromatic heterocycles. The van der Waals surface area contributed by atoms with Gasteiger partial charge in [-0.25, -0.2) is 0 Å². The maximum absolute atomic E-state index is 2.63. The van der Waals surface area contributed by atoms with Crippen molar-refractivity contribution in [3.63, 3.8) is 0 Å². The minimum Gasteiger partial charge on any atom is -0.311 e. The lowest BCUT2D eigenvalue weighted by Crippen LogP contribution is -2.60. The summed E-state index contributed by atoms with van der Waals surface area (Å²) in [5.41, 5.74) is 18.9. The van der Waals surface area contributed by atoms with Gasteiger partial charge in [-0.3, -0.25) is 0 Å². The Labute approximate surface area is 416 Å². The Hall–Kier alpha value is -7.40.